The van der Waals surface area contributed by atoms with Crippen LogP contribution in [-0.4, -0.2) is 13.0 Å². The maximum atomic E-state index is 13.8. The lowest BCUT2D eigenvalue weighted by Gasteiger charge is -2.14. The van der Waals surface area contributed by atoms with Gasteiger partial charge in [0.25, 0.3) is 5.91 Å². The summed E-state index contributed by atoms with van der Waals surface area (Å²) in [7, 11) is 1.29. The third-order valence-electron chi connectivity index (χ3n) is 2.73. The van der Waals surface area contributed by atoms with E-state index in [1.54, 1.807) is 6.07 Å². The zero-order valence-corrected chi connectivity index (χ0v) is 13.1. The lowest BCUT2D eigenvalue weighted by molar-refractivity contribution is 0.0998. The van der Waals surface area contributed by atoms with Crippen molar-refractivity contribution in [1.29, 1.82) is 0 Å². The molecule has 3 N–H and O–H groups in total. The smallest absolute Gasteiger partial charge is 0.254 e. The van der Waals surface area contributed by atoms with Crippen molar-refractivity contribution in [3.8, 4) is 5.75 Å². The second kappa shape index (κ2) is 6.25. The molecular formula is C14H11F2IN2O2. The van der Waals surface area contributed by atoms with Crippen LogP contribution in [0.5, 0.6) is 5.75 Å². The average Bonchev–Trinajstić information content (AvgIpc) is 2.40. The number of carbonyl (C=O) groups excluding carboxylic acids is 1. The van der Waals surface area contributed by atoms with E-state index in [4.69, 9.17) is 10.5 Å². The molecule has 0 radical (unpaired) electrons. The van der Waals surface area contributed by atoms with Gasteiger partial charge in [-0.15, -0.1) is 0 Å². The first kappa shape index (κ1) is 15.5. The summed E-state index contributed by atoms with van der Waals surface area (Å²) in [5.41, 5.74) is 5.38. The van der Waals surface area contributed by atoms with Crippen molar-refractivity contribution in [3.63, 3.8) is 0 Å². The van der Waals surface area contributed by atoms with Crippen LogP contribution in [0.4, 0.5) is 20.2 Å². The molecule has 0 aliphatic carbocycles. The highest BCUT2D eigenvalue weighted by molar-refractivity contribution is 14.1. The number of amides is 1. The zero-order valence-electron chi connectivity index (χ0n) is 10.9. The number of methoxy groups -OCH3 is 1. The van der Waals surface area contributed by atoms with Crippen LogP contribution in [-0.2, 0) is 0 Å². The molecule has 0 heterocycles. The van der Waals surface area contributed by atoms with Gasteiger partial charge in [-0.25, -0.2) is 8.78 Å². The van der Waals surface area contributed by atoms with E-state index in [-0.39, 0.29) is 22.7 Å². The Morgan fingerprint density at radius 1 is 1.24 bits per heavy atom. The van der Waals surface area contributed by atoms with Crippen LogP contribution in [0.15, 0.2) is 30.3 Å². The number of hydrogen-bond acceptors (Lipinski definition) is 3. The first-order chi connectivity index (χ1) is 9.92. The number of carbonyl (C=O) groups is 1. The van der Waals surface area contributed by atoms with Crippen LogP contribution in [0, 0.1) is 15.2 Å². The Kier molecular flexibility index (Phi) is 4.61. The molecule has 0 aromatic heterocycles. The van der Waals surface area contributed by atoms with Gasteiger partial charge in [0.2, 0.25) is 0 Å². The summed E-state index contributed by atoms with van der Waals surface area (Å²) >= 11 is 1.97. The van der Waals surface area contributed by atoms with Crippen LogP contribution in [0.2, 0.25) is 0 Å². The van der Waals surface area contributed by atoms with Gasteiger partial charge in [-0.2, -0.15) is 0 Å². The lowest BCUT2D eigenvalue weighted by atomic mass is 10.1. The predicted molar refractivity (Wildman–Crippen MR) is 83.9 cm³/mol. The third-order valence-corrected chi connectivity index (χ3v) is 3.40. The number of ether oxygens (including phenoxy) is 1. The van der Waals surface area contributed by atoms with Crippen LogP contribution in [0.3, 0.4) is 0 Å². The van der Waals surface area contributed by atoms with Crippen molar-refractivity contribution in [2.45, 2.75) is 0 Å². The second-order valence-corrected chi connectivity index (χ2v) is 5.39. The van der Waals surface area contributed by atoms with Crippen molar-refractivity contribution in [3.05, 3.63) is 51.1 Å². The van der Waals surface area contributed by atoms with Gasteiger partial charge in [-0.05, 0) is 46.9 Å². The normalized spacial score (nSPS) is 10.3. The quantitative estimate of drug-likeness (QED) is 0.768. The number of hydrogen-bond donors (Lipinski definition) is 2. The zero-order chi connectivity index (χ0) is 15.6. The molecule has 0 bridgehead atoms. The SMILES string of the molecule is COc1cc(F)cc(Nc2ccc(I)cc2F)c1C(N)=O. The Hall–Kier alpha value is -1.90. The first-order valence-corrected chi connectivity index (χ1v) is 6.89. The van der Waals surface area contributed by atoms with Crippen LogP contribution in [0.1, 0.15) is 10.4 Å². The number of anilines is 2. The monoisotopic (exact) mass is 404 g/mol. The Morgan fingerprint density at radius 2 is 1.95 bits per heavy atom. The summed E-state index contributed by atoms with van der Waals surface area (Å²) in [5.74, 6) is -1.98. The summed E-state index contributed by atoms with van der Waals surface area (Å²) in [6.45, 7) is 0. The van der Waals surface area contributed by atoms with E-state index >= 15 is 0 Å². The highest BCUT2D eigenvalue weighted by Gasteiger charge is 2.18. The van der Waals surface area contributed by atoms with E-state index in [0.717, 1.165) is 12.1 Å². The van der Waals surface area contributed by atoms with Gasteiger partial charge in [0.1, 0.15) is 22.9 Å². The third kappa shape index (κ3) is 3.41. The summed E-state index contributed by atoms with van der Waals surface area (Å²) in [5, 5.41) is 2.67. The molecule has 7 heteroatoms. The number of benzene rings is 2. The van der Waals surface area contributed by atoms with Crippen molar-refractivity contribution >= 4 is 39.9 Å². The fraction of sp³-hybridized carbons (Fsp3) is 0.0714. The fourth-order valence-electron chi connectivity index (χ4n) is 1.83. The average molecular weight is 404 g/mol. The number of nitrogens with one attached hydrogen (secondary N) is 1. The molecule has 0 atom stereocenters. The van der Waals surface area contributed by atoms with Gasteiger partial charge in [0, 0.05) is 9.64 Å². The second-order valence-electron chi connectivity index (χ2n) is 4.14. The van der Waals surface area contributed by atoms with E-state index in [2.05, 4.69) is 5.32 Å². The highest BCUT2D eigenvalue weighted by Crippen LogP contribution is 2.31. The molecule has 0 saturated carbocycles. The maximum absolute atomic E-state index is 13.8. The fourth-order valence-corrected chi connectivity index (χ4v) is 2.28. The molecule has 2 aromatic carbocycles. The highest BCUT2D eigenvalue weighted by atomic mass is 127. The number of rotatable bonds is 4. The minimum atomic E-state index is -0.805. The molecule has 0 spiro atoms. The van der Waals surface area contributed by atoms with Gasteiger partial charge >= 0.3 is 0 Å². The van der Waals surface area contributed by atoms with Gasteiger partial charge in [0.05, 0.1) is 18.5 Å². The summed E-state index contributed by atoms with van der Waals surface area (Å²) < 4.78 is 33.1. The standard InChI is InChI=1S/C14H11F2IN2O2/c1-21-12-5-7(15)4-11(13(12)14(18)20)19-10-3-2-8(17)6-9(10)16/h2-6,19H,1H3,(H2,18,20). The molecular weight excluding hydrogens is 393 g/mol. The van der Waals surface area contributed by atoms with Gasteiger partial charge in [-0.1, -0.05) is 0 Å². The molecule has 0 unspecified atom stereocenters. The predicted octanol–water partition coefficient (Wildman–Crippen LogP) is 3.42. The largest absolute Gasteiger partial charge is 0.496 e. The van der Waals surface area contributed by atoms with Crippen LogP contribution >= 0.6 is 22.6 Å². The lowest BCUT2D eigenvalue weighted by Crippen LogP contribution is -2.15. The van der Waals surface area contributed by atoms with E-state index < -0.39 is 17.5 Å². The van der Waals surface area contributed by atoms with E-state index in [0.29, 0.717) is 3.57 Å². The Labute approximate surface area is 133 Å². The van der Waals surface area contributed by atoms with Gasteiger partial charge in [-0.3, -0.25) is 4.79 Å². The van der Waals surface area contributed by atoms with Crippen molar-refractivity contribution in [2.24, 2.45) is 5.73 Å². The Bertz CT molecular complexity index is 708. The van der Waals surface area contributed by atoms with Crippen molar-refractivity contribution < 1.29 is 18.3 Å². The number of primary amides is 1. The maximum Gasteiger partial charge on any atom is 0.254 e. The van der Waals surface area contributed by atoms with Crippen LogP contribution in [0.25, 0.3) is 0 Å². The molecule has 2 aromatic rings. The molecule has 0 fully saturated rings. The summed E-state index contributed by atoms with van der Waals surface area (Å²) in [6.07, 6.45) is 0. The minimum Gasteiger partial charge on any atom is -0.496 e. The molecule has 0 aliphatic rings. The molecule has 0 aliphatic heterocycles. The van der Waals surface area contributed by atoms with Crippen molar-refractivity contribution in [1.82, 2.24) is 0 Å². The molecule has 4 nitrogen and oxygen atoms in total. The summed E-state index contributed by atoms with van der Waals surface area (Å²) in [4.78, 5) is 11.5. The van der Waals surface area contributed by atoms with Gasteiger partial charge in [0.15, 0.2) is 0 Å². The van der Waals surface area contributed by atoms with E-state index in [1.807, 2.05) is 22.6 Å². The molecule has 110 valence electrons. The first-order valence-electron chi connectivity index (χ1n) is 5.81. The Morgan fingerprint density at radius 3 is 2.52 bits per heavy atom. The number of halogens is 3. The van der Waals surface area contributed by atoms with Crippen LogP contribution < -0.4 is 15.8 Å². The van der Waals surface area contributed by atoms with Gasteiger partial charge < -0.3 is 15.8 Å². The summed E-state index contributed by atoms with van der Waals surface area (Å²) in [6, 6.07) is 6.56. The molecule has 21 heavy (non-hydrogen) atoms. The van der Waals surface area contributed by atoms with E-state index in [9.17, 15) is 13.6 Å². The van der Waals surface area contributed by atoms with Crippen molar-refractivity contribution in [2.75, 3.05) is 12.4 Å². The topological polar surface area (TPSA) is 64.3 Å². The minimum absolute atomic E-state index is 0.0177. The molecule has 1 amide bonds. The molecule has 2 rings (SSSR count). The Balaban J connectivity index is 2.52. The number of nitrogens with two attached hydrogens (primary N) is 1. The molecule has 0 saturated heterocycles. The van der Waals surface area contributed by atoms with E-state index in [1.165, 1.54) is 19.2 Å².